The highest BCUT2D eigenvalue weighted by Crippen LogP contribution is 2.36. The van der Waals surface area contributed by atoms with Crippen molar-refractivity contribution in [1.82, 2.24) is 5.32 Å². The van der Waals surface area contributed by atoms with Crippen molar-refractivity contribution in [3.05, 3.63) is 35.6 Å². The zero-order chi connectivity index (χ0) is 14.4. The van der Waals surface area contributed by atoms with Crippen molar-refractivity contribution in [1.29, 1.82) is 0 Å². The minimum absolute atomic E-state index is 0.128. The van der Waals surface area contributed by atoms with Gasteiger partial charge in [-0.2, -0.15) is 0 Å². The van der Waals surface area contributed by atoms with Crippen molar-refractivity contribution < 1.29 is 4.39 Å². The highest BCUT2D eigenvalue weighted by molar-refractivity contribution is 5.21. The minimum Gasteiger partial charge on any atom is -0.316 e. The van der Waals surface area contributed by atoms with Gasteiger partial charge in [0.2, 0.25) is 0 Å². The number of benzene rings is 1. The fourth-order valence-electron chi connectivity index (χ4n) is 3.33. The molecular weight excluding hydrogens is 249 g/mol. The average molecular weight is 277 g/mol. The van der Waals surface area contributed by atoms with Gasteiger partial charge in [-0.3, -0.25) is 0 Å². The van der Waals surface area contributed by atoms with Crippen LogP contribution in [0.15, 0.2) is 24.3 Å². The van der Waals surface area contributed by atoms with Crippen LogP contribution in [-0.2, 0) is 0 Å². The molecule has 1 aromatic carbocycles. The molecule has 0 heterocycles. The van der Waals surface area contributed by atoms with E-state index in [2.05, 4.69) is 19.2 Å². The predicted molar refractivity (Wildman–Crippen MR) is 83.4 cm³/mol. The van der Waals surface area contributed by atoms with Crippen LogP contribution in [0.3, 0.4) is 0 Å². The van der Waals surface area contributed by atoms with Gasteiger partial charge in [-0.05, 0) is 61.4 Å². The van der Waals surface area contributed by atoms with Crippen molar-refractivity contribution in [3.8, 4) is 0 Å². The molecule has 112 valence electrons. The molecule has 20 heavy (non-hydrogen) atoms. The maximum atomic E-state index is 13.1. The largest absolute Gasteiger partial charge is 0.316 e. The normalized spacial score (nSPS) is 23.8. The van der Waals surface area contributed by atoms with E-state index in [4.69, 9.17) is 0 Å². The van der Waals surface area contributed by atoms with Gasteiger partial charge in [-0.1, -0.05) is 45.2 Å². The van der Waals surface area contributed by atoms with Gasteiger partial charge in [0.25, 0.3) is 0 Å². The lowest BCUT2D eigenvalue weighted by Gasteiger charge is -2.26. The molecule has 0 bridgehead atoms. The quantitative estimate of drug-likeness (QED) is 0.767. The topological polar surface area (TPSA) is 12.0 Å². The fraction of sp³-hybridized carbons (Fsp3) is 0.667. The van der Waals surface area contributed by atoms with Crippen molar-refractivity contribution >= 4 is 0 Å². The van der Waals surface area contributed by atoms with Crippen LogP contribution in [0.1, 0.15) is 57.4 Å². The Morgan fingerprint density at radius 1 is 1.10 bits per heavy atom. The lowest BCUT2D eigenvalue weighted by Crippen LogP contribution is -2.29. The van der Waals surface area contributed by atoms with E-state index in [0.717, 1.165) is 13.1 Å². The SMILES string of the molecule is CC(C)CNCC1CCCCCC1c1ccc(F)cc1. The van der Waals surface area contributed by atoms with Crippen LogP contribution in [0.2, 0.25) is 0 Å². The van der Waals surface area contributed by atoms with Crippen LogP contribution in [0.4, 0.5) is 4.39 Å². The molecule has 0 amide bonds. The van der Waals surface area contributed by atoms with Gasteiger partial charge in [0.15, 0.2) is 0 Å². The molecule has 0 spiro atoms. The Morgan fingerprint density at radius 2 is 1.80 bits per heavy atom. The molecule has 0 radical (unpaired) electrons. The van der Waals surface area contributed by atoms with Gasteiger partial charge in [-0.15, -0.1) is 0 Å². The molecule has 1 fully saturated rings. The monoisotopic (exact) mass is 277 g/mol. The fourth-order valence-corrected chi connectivity index (χ4v) is 3.33. The highest BCUT2D eigenvalue weighted by atomic mass is 19.1. The summed E-state index contributed by atoms with van der Waals surface area (Å²) >= 11 is 0. The van der Waals surface area contributed by atoms with Gasteiger partial charge in [-0.25, -0.2) is 4.39 Å². The van der Waals surface area contributed by atoms with Crippen LogP contribution >= 0.6 is 0 Å². The second kappa shape index (κ2) is 7.78. The Kier molecular flexibility index (Phi) is 6.03. The molecule has 2 rings (SSSR count). The molecule has 1 aliphatic rings. The number of hydrogen-bond acceptors (Lipinski definition) is 1. The first-order chi connectivity index (χ1) is 9.66. The molecule has 0 aromatic heterocycles. The second-order valence-electron chi connectivity index (χ2n) is 6.61. The summed E-state index contributed by atoms with van der Waals surface area (Å²) in [6.45, 7) is 6.68. The number of halogens is 1. The Bertz CT molecular complexity index is 385. The van der Waals surface area contributed by atoms with Crippen molar-refractivity contribution in [3.63, 3.8) is 0 Å². The van der Waals surface area contributed by atoms with Crippen LogP contribution in [-0.4, -0.2) is 13.1 Å². The molecule has 2 heteroatoms. The molecule has 0 aliphatic heterocycles. The van der Waals surface area contributed by atoms with E-state index in [1.165, 1.54) is 37.7 Å². The van der Waals surface area contributed by atoms with Crippen molar-refractivity contribution in [2.75, 3.05) is 13.1 Å². The van der Waals surface area contributed by atoms with E-state index in [9.17, 15) is 4.39 Å². The Balaban J connectivity index is 2.02. The van der Waals surface area contributed by atoms with Crippen LogP contribution < -0.4 is 5.32 Å². The number of hydrogen-bond donors (Lipinski definition) is 1. The number of rotatable bonds is 5. The summed E-state index contributed by atoms with van der Waals surface area (Å²) in [6, 6.07) is 7.19. The third-order valence-corrected chi connectivity index (χ3v) is 4.42. The predicted octanol–water partition coefficient (Wildman–Crippen LogP) is 4.74. The number of nitrogens with one attached hydrogen (secondary N) is 1. The van der Waals surface area contributed by atoms with Crippen LogP contribution in [0.25, 0.3) is 0 Å². The molecule has 1 saturated carbocycles. The molecule has 1 nitrogen and oxygen atoms in total. The Morgan fingerprint density at radius 3 is 2.50 bits per heavy atom. The lowest BCUT2D eigenvalue weighted by atomic mass is 9.82. The third-order valence-electron chi connectivity index (χ3n) is 4.42. The summed E-state index contributed by atoms with van der Waals surface area (Å²) in [4.78, 5) is 0. The lowest BCUT2D eigenvalue weighted by molar-refractivity contribution is 0.366. The van der Waals surface area contributed by atoms with E-state index >= 15 is 0 Å². The van der Waals surface area contributed by atoms with Gasteiger partial charge < -0.3 is 5.32 Å². The Hall–Kier alpha value is -0.890. The molecule has 2 unspecified atom stereocenters. The summed E-state index contributed by atoms with van der Waals surface area (Å²) in [6.07, 6.45) is 6.54. The van der Waals surface area contributed by atoms with E-state index in [1.807, 2.05) is 12.1 Å². The van der Waals surface area contributed by atoms with E-state index in [0.29, 0.717) is 17.8 Å². The van der Waals surface area contributed by atoms with E-state index in [-0.39, 0.29) is 5.82 Å². The summed E-state index contributed by atoms with van der Waals surface area (Å²) in [7, 11) is 0. The summed E-state index contributed by atoms with van der Waals surface area (Å²) in [5.41, 5.74) is 1.32. The average Bonchev–Trinajstić information content (AvgIpc) is 2.65. The maximum absolute atomic E-state index is 13.1. The first-order valence-electron chi connectivity index (χ1n) is 8.13. The highest BCUT2D eigenvalue weighted by Gasteiger charge is 2.24. The standard InChI is InChI=1S/C18H28FN/c1-14(2)12-20-13-16-6-4-3-5-7-18(16)15-8-10-17(19)11-9-15/h8-11,14,16,18,20H,3-7,12-13H2,1-2H3. The van der Waals surface area contributed by atoms with Crippen molar-refractivity contribution in [2.24, 2.45) is 11.8 Å². The second-order valence-corrected chi connectivity index (χ2v) is 6.61. The molecule has 1 aliphatic carbocycles. The van der Waals surface area contributed by atoms with Gasteiger partial charge in [0, 0.05) is 0 Å². The molecule has 2 atom stereocenters. The van der Waals surface area contributed by atoms with Crippen molar-refractivity contribution in [2.45, 2.75) is 51.9 Å². The van der Waals surface area contributed by atoms with Gasteiger partial charge >= 0.3 is 0 Å². The van der Waals surface area contributed by atoms with E-state index < -0.39 is 0 Å². The van der Waals surface area contributed by atoms with Gasteiger partial charge in [0.05, 0.1) is 0 Å². The summed E-state index contributed by atoms with van der Waals surface area (Å²) in [5, 5.41) is 3.62. The molecule has 1 N–H and O–H groups in total. The van der Waals surface area contributed by atoms with Crippen LogP contribution in [0, 0.1) is 17.7 Å². The van der Waals surface area contributed by atoms with E-state index in [1.54, 1.807) is 12.1 Å². The zero-order valence-electron chi connectivity index (χ0n) is 12.9. The minimum atomic E-state index is -0.128. The summed E-state index contributed by atoms with van der Waals surface area (Å²) in [5.74, 6) is 1.86. The maximum Gasteiger partial charge on any atom is 0.123 e. The zero-order valence-corrected chi connectivity index (χ0v) is 12.9. The molecular formula is C18H28FN. The molecule has 1 aromatic rings. The smallest absolute Gasteiger partial charge is 0.123 e. The Labute approximate surface area is 123 Å². The molecule has 0 saturated heterocycles. The third kappa shape index (κ3) is 4.59. The summed E-state index contributed by atoms with van der Waals surface area (Å²) < 4.78 is 13.1. The first-order valence-corrected chi connectivity index (χ1v) is 8.13. The van der Waals surface area contributed by atoms with Crippen LogP contribution in [0.5, 0.6) is 0 Å². The van der Waals surface area contributed by atoms with Gasteiger partial charge in [0.1, 0.15) is 5.82 Å². The first kappa shape index (κ1) is 15.5.